The first kappa shape index (κ1) is 25.9. The Labute approximate surface area is 207 Å². The predicted octanol–water partition coefficient (Wildman–Crippen LogP) is 8.34. The van der Waals surface area contributed by atoms with Crippen molar-refractivity contribution in [2.45, 2.75) is 44.6 Å². The van der Waals surface area contributed by atoms with Crippen molar-refractivity contribution in [2.24, 2.45) is 0 Å². The van der Waals surface area contributed by atoms with Crippen molar-refractivity contribution < 1.29 is 31.4 Å². The highest BCUT2D eigenvalue weighted by atomic mass is 19.2. The fourth-order valence-electron chi connectivity index (χ4n) is 4.58. The zero-order chi connectivity index (χ0) is 25.8. The molecule has 0 saturated carbocycles. The van der Waals surface area contributed by atoms with E-state index < -0.39 is 40.2 Å². The van der Waals surface area contributed by atoms with E-state index in [0.29, 0.717) is 6.61 Å². The summed E-state index contributed by atoms with van der Waals surface area (Å²) >= 11 is 0. The van der Waals surface area contributed by atoms with E-state index in [4.69, 9.17) is 9.47 Å². The van der Waals surface area contributed by atoms with Crippen LogP contribution in [0.25, 0.3) is 22.3 Å². The van der Waals surface area contributed by atoms with Gasteiger partial charge in [0, 0.05) is 28.2 Å². The van der Waals surface area contributed by atoms with Gasteiger partial charge in [-0.25, -0.2) is 17.6 Å². The number of ether oxygens (including phenoxy) is 2. The van der Waals surface area contributed by atoms with Gasteiger partial charge in [-0.2, -0.15) is 4.39 Å². The van der Waals surface area contributed by atoms with E-state index in [1.165, 1.54) is 12.1 Å². The molecule has 3 aromatic rings. The second kappa shape index (κ2) is 11.2. The van der Waals surface area contributed by atoms with Crippen LogP contribution in [0.15, 0.2) is 55.1 Å². The molecule has 1 heterocycles. The van der Waals surface area contributed by atoms with Crippen molar-refractivity contribution in [3.8, 4) is 28.0 Å². The maximum atomic E-state index is 15.0. The van der Waals surface area contributed by atoms with Crippen LogP contribution >= 0.6 is 0 Å². The number of benzene rings is 3. The third-order valence-electron chi connectivity index (χ3n) is 6.54. The second-order valence-electron chi connectivity index (χ2n) is 8.80. The highest BCUT2D eigenvalue weighted by Gasteiger charge is 2.25. The van der Waals surface area contributed by atoms with Crippen LogP contribution in [-0.4, -0.2) is 19.3 Å². The van der Waals surface area contributed by atoms with Crippen LogP contribution in [0.2, 0.25) is 0 Å². The summed E-state index contributed by atoms with van der Waals surface area (Å²) in [5.74, 6) is -6.42. The fraction of sp³-hybridized carbons (Fsp3) is 0.310. The third kappa shape index (κ3) is 5.16. The summed E-state index contributed by atoms with van der Waals surface area (Å²) < 4.78 is 84.7. The number of rotatable bonds is 8. The number of hydrogen-bond donors (Lipinski definition) is 0. The molecule has 1 fully saturated rings. The van der Waals surface area contributed by atoms with Gasteiger partial charge in [0.05, 0.1) is 19.3 Å². The summed E-state index contributed by atoms with van der Waals surface area (Å²) in [4.78, 5) is 0. The molecule has 190 valence electrons. The van der Waals surface area contributed by atoms with Crippen molar-refractivity contribution in [3.63, 3.8) is 0 Å². The Balaban J connectivity index is 1.58. The summed E-state index contributed by atoms with van der Waals surface area (Å²) in [5, 5.41) is 0. The molecule has 2 nitrogen and oxygen atoms in total. The van der Waals surface area contributed by atoms with Crippen LogP contribution in [0, 0.1) is 29.1 Å². The first-order chi connectivity index (χ1) is 17.3. The molecule has 0 radical (unpaired) electrons. The van der Waals surface area contributed by atoms with Crippen LogP contribution in [0.3, 0.4) is 0 Å². The topological polar surface area (TPSA) is 18.5 Å². The van der Waals surface area contributed by atoms with Crippen LogP contribution in [0.4, 0.5) is 22.0 Å². The van der Waals surface area contributed by atoms with Gasteiger partial charge in [-0.1, -0.05) is 30.3 Å². The lowest BCUT2D eigenvalue weighted by Gasteiger charge is -2.29. The van der Waals surface area contributed by atoms with E-state index in [2.05, 4.69) is 6.58 Å². The van der Waals surface area contributed by atoms with Crippen LogP contribution in [0.5, 0.6) is 5.75 Å². The Hall–Kier alpha value is -3.19. The number of hydrogen-bond acceptors (Lipinski definition) is 2. The summed E-state index contributed by atoms with van der Waals surface area (Å²) in [5.41, 5.74) is -0.642. The molecule has 0 N–H and O–H groups in total. The number of allylic oxidation sites excluding steroid dienone is 1. The molecule has 7 heteroatoms. The van der Waals surface area contributed by atoms with Gasteiger partial charge in [-0.3, -0.25) is 0 Å². The molecular weight excluding hydrogens is 475 g/mol. The molecule has 2 unspecified atom stereocenters. The zero-order valence-electron chi connectivity index (χ0n) is 19.9. The van der Waals surface area contributed by atoms with Gasteiger partial charge >= 0.3 is 0 Å². The minimum Gasteiger partial charge on any atom is -0.491 e. The molecule has 4 rings (SSSR count). The Morgan fingerprint density at radius 3 is 2.06 bits per heavy atom. The Morgan fingerprint density at radius 2 is 1.47 bits per heavy atom. The lowest BCUT2D eigenvalue weighted by atomic mass is 9.89. The SMILES string of the molecule is C=CCCC1CCC(c2ccc(-c3ccc(-c4ccc(OCC)c(F)c4F)c(F)c3F)c(F)c2)CO1. The smallest absolute Gasteiger partial charge is 0.201 e. The molecule has 3 aromatic carbocycles. The Kier molecular flexibility index (Phi) is 8.09. The van der Waals surface area contributed by atoms with Gasteiger partial charge in [0.25, 0.3) is 0 Å². The van der Waals surface area contributed by atoms with Gasteiger partial charge in [0.15, 0.2) is 23.2 Å². The van der Waals surface area contributed by atoms with Gasteiger partial charge in [-0.05, 0) is 56.4 Å². The van der Waals surface area contributed by atoms with E-state index in [9.17, 15) is 13.2 Å². The Morgan fingerprint density at radius 1 is 0.861 bits per heavy atom. The van der Waals surface area contributed by atoms with Crippen molar-refractivity contribution in [2.75, 3.05) is 13.2 Å². The highest BCUT2D eigenvalue weighted by molar-refractivity contribution is 5.73. The van der Waals surface area contributed by atoms with E-state index in [-0.39, 0.29) is 35.5 Å². The van der Waals surface area contributed by atoms with E-state index in [1.54, 1.807) is 13.0 Å². The van der Waals surface area contributed by atoms with Gasteiger partial charge in [-0.15, -0.1) is 6.58 Å². The molecule has 1 saturated heterocycles. The quantitative estimate of drug-likeness (QED) is 0.228. The van der Waals surface area contributed by atoms with Gasteiger partial charge in [0.2, 0.25) is 5.82 Å². The van der Waals surface area contributed by atoms with Crippen LogP contribution in [-0.2, 0) is 4.74 Å². The van der Waals surface area contributed by atoms with E-state index in [0.717, 1.165) is 55.5 Å². The monoisotopic (exact) mass is 502 g/mol. The zero-order valence-corrected chi connectivity index (χ0v) is 19.9. The van der Waals surface area contributed by atoms with Gasteiger partial charge < -0.3 is 9.47 Å². The molecule has 0 amide bonds. The first-order valence-corrected chi connectivity index (χ1v) is 12.0. The second-order valence-corrected chi connectivity index (χ2v) is 8.80. The summed E-state index contributed by atoms with van der Waals surface area (Å²) in [6.45, 7) is 5.89. The minimum atomic E-state index is -1.40. The highest BCUT2D eigenvalue weighted by Crippen LogP contribution is 2.37. The maximum Gasteiger partial charge on any atom is 0.201 e. The molecule has 0 aliphatic carbocycles. The molecule has 0 bridgehead atoms. The summed E-state index contributed by atoms with van der Waals surface area (Å²) in [6, 6.07) is 8.94. The lowest BCUT2D eigenvalue weighted by Crippen LogP contribution is -2.24. The van der Waals surface area contributed by atoms with E-state index >= 15 is 8.78 Å². The third-order valence-corrected chi connectivity index (χ3v) is 6.54. The lowest BCUT2D eigenvalue weighted by molar-refractivity contribution is -0.000213. The molecular formula is C29H27F5O2. The largest absolute Gasteiger partial charge is 0.491 e. The Bertz CT molecular complexity index is 1250. The molecule has 36 heavy (non-hydrogen) atoms. The van der Waals surface area contributed by atoms with Gasteiger partial charge in [0.1, 0.15) is 5.82 Å². The summed E-state index contributed by atoms with van der Waals surface area (Å²) in [7, 11) is 0. The summed E-state index contributed by atoms with van der Waals surface area (Å²) in [6.07, 6.45) is 5.48. The van der Waals surface area contributed by atoms with Crippen molar-refractivity contribution >= 4 is 0 Å². The normalized spacial score (nSPS) is 17.7. The van der Waals surface area contributed by atoms with Crippen LogP contribution < -0.4 is 4.74 Å². The molecule has 1 aliphatic heterocycles. The van der Waals surface area contributed by atoms with Crippen molar-refractivity contribution in [1.29, 1.82) is 0 Å². The maximum absolute atomic E-state index is 15.0. The molecule has 0 spiro atoms. The first-order valence-electron chi connectivity index (χ1n) is 12.0. The molecule has 0 aromatic heterocycles. The standard InChI is InChI=1S/C29H27F5O2/c1-3-5-6-19-9-7-18(16-36-19)17-8-10-20(24(30)15-17)21-11-12-22(27(32)26(21)31)23-13-14-25(35-4-2)29(34)28(23)33/h3,8,10-15,18-19H,1,4-7,9,16H2,2H3. The predicted molar refractivity (Wildman–Crippen MR) is 129 cm³/mol. The number of halogens is 5. The van der Waals surface area contributed by atoms with Crippen molar-refractivity contribution in [1.82, 2.24) is 0 Å². The van der Waals surface area contributed by atoms with Crippen LogP contribution in [0.1, 0.15) is 44.1 Å². The average molecular weight is 503 g/mol. The fourth-order valence-corrected chi connectivity index (χ4v) is 4.58. The minimum absolute atomic E-state index is 0.00928. The molecule has 1 aliphatic rings. The molecule has 2 atom stereocenters. The van der Waals surface area contributed by atoms with Crippen molar-refractivity contribution in [3.05, 3.63) is 89.8 Å². The average Bonchev–Trinajstić information content (AvgIpc) is 2.88. The van der Waals surface area contributed by atoms with E-state index in [1.807, 2.05) is 6.08 Å².